The van der Waals surface area contributed by atoms with Crippen LogP contribution in [-0.4, -0.2) is 30.0 Å². The standard InChI is InChI=1S/C38H55NO4/c1-23(2)31-27(40)21-38(33(42)39-22-24-9-11-25(43-8)12-10-24)20-19-36(6)26(32(31)38)13-14-29-35(5)17-16-30(41)34(3,4)28(35)15-18-37(29,36)7/h9-12,23,26,28-30,41H,13-22H2,1-8H3,(H,39,42)/t26?,28?,29?,30-,35-,36+,37+,38+/m0/s1. The SMILES string of the molecule is COc1ccc(CNC(=O)[C@@]23CC[C@]4(C)C(CCC5[C@@]6(C)CC[C@H](O)C(C)(C)C6CC[C@]54C)C2=C(C(C)C)C(=O)C3)cc1. The highest BCUT2D eigenvalue weighted by molar-refractivity contribution is 6.06. The van der Waals surface area contributed by atoms with Gasteiger partial charge >= 0.3 is 0 Å². The number of nitrogens with one attached hydrogen (secondary N) is 1. The second kappa shape index (κ2) is 10.2. The highest BCUT2D eigenvalue weighted by atomic mass is 16.5. The molecule has 0 radical (unpaired) electrons. The maximum absolute atomic E-state index is 14.3. The zero-order valence-electron chi connectivity index (χ0n) is 27.9. The fraction of sp³-hybridized carbons (Fsp3) is 0.737. The normalized spacial score (nSPS) is 41.7. The van der Waals surface area contributed by atoms with Gasteiger partial charge in [-0.05, 0) is 126 Å². The number of aliphatic hydroxyl groups excluding tert-OH is 1. The van der Waals surface area contributed by atoms with Crippen LogP contribution in [0, 0.1) is 50.7 Å². The summed E-state index contributed by atoms with van der Waals surface area (Å²) in [7, 11) is 1.66. The number of amides is 1. The predicted molar refractivity (Wildman–Crippen MR) is 170 cm³/mol. The van der Waals surface area contributed by atoms with Crippen LogP contribution in [-0.2, 0) is 16.1 Å². The number of carbonyl (C=O) groups excluding carboxylic acids is 2. The van der Waals surface area contributed by atoms with Gasteiger partial charge in [-0.2, -0.15) is 0 Å². The van der Waals surface area contributed by atoms with Gasteiger partial charge in [0, 0.05) is 13.0 Å². The van der Waals surface area contributed by atoms with Crippen LogP contribution in [0.1, 0.15) is 112 Å². The van der Waals surface area contributed by atoms with E-state index >= 15 is 0 Å². The first kappa shape index (κ1) is 30.9. The Labute approximate surface area is 259 Å². The molecular weight excluding hydrogens is 534 g/mol. The minimum absolute atomic E-state index is 0.0317. The van der Waals surface area contributed by atoms with Gasteiger partial charge in [0.1, 0.15) is 5.75 Å². The summed E-state index contributed by atoms with van der Waals surface area (Å²) in [4.78, 5) is 28.2. The number of ether oxygens (including phenoxy) is 1. The Morgan fingerprint density at radius 2 is 1.63 bits per heavy atom. The van der Waals surface area contributed by atoms with Gasteiger partial charge in [0.15, 0.2) is 5.78 Å². The van der Waals surface area contributed by atoms with Gasteiger partial charge in [-0.1, -0.05) is 60.6 Å². The maximum Gasteiger partial charge on any atom is 0.231 e. The molecule has 0 saturated heterocycles. The first-order chi connectivity index (χ1) is 20.2. The topological polar surface area (TPSA) is 75.6 Å². The first-order valence-electron chi connectivity index (χ1n) is 17.0. The van der Waals surface area contributed by atoms with E-state index in [9.17, 15) is 14.7 Å². The number of fused-ring (bicyclic) bond motifs is 7. The van der Waals surface area contributed by atoms with Crippen molar-refractivity contribution in [3.63, 3.8) is 0 Å². The maximum atomic E-state index is 14.3. The number of methoxy groups -OCH3 is 1. The molecule has 0 spiro atoms. The molecule has 2 N–H and O–H groups in total. The molecule has 4 fully saturated rings. The highest BCUT2D eigenvalue weighted by Gasteiger charge is 2.70. The van der Waals surface area contributed by atoms with Gasteiger partial charge in [0.25, 0.3) is 0 Å². The van der Waals surface area contributed by atoms with Gasteiger partial charge in [0.05, 0.1) is 18.6 Å². The Kier molecular flexibility index (Phi) is 7.31. The lowest BCUT2D eigenvalue weighted by Gasteiger charge is -2.72. The molecular formula is C38H55NO4. The molecule has 5 aliphatic carbocycles. The fourth-order valence-electron chi connectivity index (χ4n) is 12.0. The van der Waals surface area contributed by atoms with Crippen molar-refractivity contribution in [1.29, 1.82) is 0 Å². The molecule has 1 amide bonds. The molecule has 1 aromatic rings. The quantitative estimate of drug-likeness (QED) is 0.370. The van der Waals surface area contributed by atoms with Crippen LogP contribution in [0.15, 0.2) is 35.4 Å². The van der Waals surface area contributed by atoms with Gasteiger partial charge < -0.3 is 15.2 Å². The Balaban J connectivity index is 1.35. The molecule has 0 aromatic heterocycles. The van der Waals surface area contributed by atoms with Crippen LogP contribution in [0.5, 0.6) is 5.75 Å². The molecule has 0 heterocycles. The van der Waals surface area contributed by atoms with Crippen LogP contribution >= 0.6 is 0 Å². The Morgan fingerprint density at radius 3 is 2.28 bits per heavy atom. The molecule has 5 nitrogen and oxygen atoms in total. The van der Waals surface area contributed by atoms with Crippen LogP contribution in [0.3, 0.4) is 0 Å². The lowest BCUT2D eigenvalue weighted by molar-refractivity contribution is -0.228. The number of aliphatic hydroxyl groups is 1. The number of hydrogen-bond acceptors (Lipinski definition) is 4. The summed E-state index contributed by atoms with van der Waals surface area (Å²) in [6.07, 6.45) is 8.32. The smallest absolute Gasteiger partial charge is 0.231 e. The van der Waals surface area contributed by atoms with Gasteiger partial charge in [-0.25, -0.2) is 0 Å². The zero-order chi connectivity index (χ0) is 31.2. The highest BCUT2D eigenvalue weighted by Crippen LogP contribution is 2.76. The minimum Gasteiger partial charge on any atom is -0.497 e. The van der Waals surface area contributed by atoms with Crippen molar-refractivity contribution in [3.05, 3.63) is 41.0 Å². The minimum atomic E-state index is -0.728. The van der Waals surface area contributed by atoms with Gasteiger partial charge in [-0.15, -0.1) is 0 Å². The molecule has 236 valence electrons. The van der Waals surface area contributed by atoms with Crippen LogP contribution in [0.25, 0.3) is 0 Å². The molecule has 8 atom stereocenters. The molecule has 4 saturated carbocycles. The predicted octanol–water partition coefficient (Wildman–Crippen LogP) is 7.65. The van der Waals surface area contributed by atoms with E-state index in [-0.39, 0.29) is 51.3 Å². The second-order valence-corrected chi connectivity index (χ2v) is 16.7. The lowest BCUT2D eigenvalue weighted by atomic mass is 9.33. The van der Waals surface area contributed by atoms with Crippen LogP contribution < -0.4 is 10.1 Å². The fourth-order valence-corrected chi connectivity index (χ4v) is 12.0. The molecule has 43 heavy (non-hydrogen) atoms. The largest absolute Gasteiger partial charge is 0.497 e. The molecule has 0 bridgehead atoms. The number of benzene rings is 1. The van der Waals surface area contributed by atoms with E-state index < -0.39 is 5.41 Å². The van der Waals surface area contributed by atoms with E-state index in [1.807, 2.05) is 24.3 Å². The number of Topliss-reactive ketones (excluding diaryl/α,β-unsaturated/α-hetero) is 1. The Morgan fingerprint density at radius 1 is 0.930 bits per heavy atom. The van der Waals surface area contributed by atoms with E-state index in [0.29, 0.717) is 24.8 Å². The third kappa shape index (κ3) is 4.18. The van der Waals surface area contributed by atoms with Crippen molar-refractivity contribution in [2.24, 2.45) is 50.7 Å². The summed E-state index contributed by atoms with van der Waals surface area (Å²) < 4.78 is 5.31. The number of ketones is 1. The summed E-state index contributed by atoms with van der Waals surface area (Å²) in [5, 5.41) is 14.3. The molecule has 5 aliphatic rings. The van der Waals surface area contributed by atoms with Crippen molar-refractivity contribution in [3.8, 4) is 5.75 Å². The first-order valence-corrected chi connectivity index (χ1v) is 17.0. The zero-order valence-corrected chi connectivity index (χ0v) is 27.9. The molecule has 5 heteroatoms. The average molecular weight is 590 g/mol. The molecule has 1 aromatic carbocycles. The summed E-state index contributed by atoms with van der Waals surface area (Å²) >= 11 is 0. The van der Waals surface area contributed by atoms with Gasteiger partial charge in [-0.3, -0.25) is 9.59 Å². The van der Waals surface area contributed by atoms with Crippen molar-refractivity contribution >= 4 is 11.7 Å². The second-order valence-electron chi connectivity index (χ2n) is 16.7. The van der Waals surface area contributed by atoms with Crippen molar-refractivity contribution in [2.45, 2.75) is 119 Å². The van der Waals surface area contributed by atoms with Crippen LogP contribution in [0.4, 0.5) is 0 Å². The summed E-state index contributed by atoms with van der Waals surface area (Å²) in [5.41, 5.74) is 2.77. The van der Waals surface area contributed by atoms with E-state index in [1.54, 1.807) is 7.11 Å². The summed E-state index contributed by atoms with van der Waals surface area (Å²) in [5.74, 6) is 2.50. The number of allylic oxidation sites excluding steroid dienone is 1. The third-order valence-electron chi connectivity index (χ3n) is 14.5. The Hall–Kier alpha value is -2.14. The van der Waals surface area contributed by atoms with E-state index in [1.165, 1.54) is 5.57 Å². The third-order valence-corrected chi connectivity index (χ3v) is 14.5. The Bertz CT molecular complexity index is 1330. The average Bonchev–Trinajstić information content (AvgIpc) is 3.28. The van der Waals surface area contributed by atoms with E-state index in [0.717, 1.165) is 68.3 Å². The molecule has 3 unspecified atom stereocenters. The van der Waals surface area contributed by atoms with Crippen molar-refractivity contribution in [1.82, 2.24) is 5.32 Å². The number of rotatable bonds is 5. The monoisotopic (exact) mass is 589 g/mol. The number of carbonyl (C=O) groups is 2. The van der Waals surface area contributed by atoms with Gasteiger partial charge in [0.2, 0.25) is 5.91 Å². The van der Waals surface area contributed by atoms with Crippen LogP contribution in [0.2, 0.25) is 0 Å². The molecule has 0 aliphatic heterocycles. The number of hydrogen-bond donors (Lipinski definition) is 2. The molecule has 6 rings (SSSR count). The van der Waals surface area contributed by atoms with Crippen molar-refractivity contribution in [2.75, 3.05) is 7.11 Å². The lowest BCUT2D eigenvalue weighted by Crippen LogP contribution is -2.66. The van der Waals surface area contributed by atoms with E-state index in [2.05, 4.69) is 53.8 Å². The van der Waals surface area contributed by atoms with Crippen molar-refractivity contribution < 1.29 is 19.4 Å². The summed E-state index contributed by atoms with van der Waals surface area (Å²) in [6, 6.07) is 7.84. The van der Waals surface area contributed by atoms with E-state index in [4.69, 9.17) is 4.74 Å². The summed E-state index contributed by atoms with van der Waals surface area (Å²) in [6.45, 7) is 17.0.